The van der Waals surface area contributed by atoms with Crippen LogP contribution in [-0.4, -0.2) is 24.9 Å². The zero-order valence-corrected chi connectivity index (χ0v) is 12.2. The van der Waals surface area contributed by atoms with Crippen molar-refractivity contribution in [3.63, 3.8) is 0 Å². The summed E-state index contributed by atoms with van der Waals surface area (Å²) in [5.74, 6) is 0.922. The van der Waals surface area contributed by atoms with Crippen LogP contribution in [0.5, 0.6) is 5.75 Å². The Kier molecular flexibility index (Phi) is 5.38. The van der Waals surface area contributed by atoms with Crippen molar-refractivity contribution >= 4 is 0 Å². The number of benzene rings is 1. The maximum atomic E-state index is 14.0. The summed E-state index contributed by atoms with van der Waals surface area (Å²) in [6.45, 7) is 2.81. The number of hydrogen-bond acceptors (Lipinski definition) is 3. The molecule has 0 amide bonds. The first-order valence-corrected chi connectivity index (χ1v) is 7.35. The lowest BCUT2D eigenvalue weighted by Crippen LogP contribution is -2.30. The van der Waals surface area contributed by atoms with Gasteiger partial charge in [-0.05, 0) is 57.2 Å². The largest absolute Gasteiger partial charge is 0.496 e. The highest BCUT2D eigenvalue weighted by atomic mass is 19.1. The molecular weight excluding hydrogens is 257 g/mol. The third-order valence-corrected chi connectivity index (χ3v) is 4.19. The van der Waals surface area contributed by atoms with Crippen molar-refractivity contribution in [2.45, 2.75) is 44.8 Å². The van der Waals surface area contributed by atoms with Gasteiger partial charge in [-0.25, -0.2) is 4.39 Å². The fraction of sp³-hybridized carbons (Fsp3) is 0.625. The predicted octanol–water partition coefficient (Wildman–Crippen LogP) is 3.04. The first-order chi connectivity index (χ1) is 9.61. The summed E-state index contributed by atoms with van der Waals surface area (Å²) in [5, 5.41) is 12.9. The van der Waals surface area contributed by atoms with E-state index in [9.17, 15) is 9.50 Å². The third kappa shape index (κ3) is 3.70. The van der Waals surface area contributed by atoms with Crippen LogP contribution >= 0.6 is 0 Å². The lowest BCUT2D eigenvalue weighted by atomic mass is 9.87. The van der Waals surface area contributed by atoms with Gasteiger partial charge in [-0.2, -0.15) is 0 Å². The van der Waals surface area contributed by atoms with E-state index in [-0.39, 0.29) is 18.0 Å². The number of nitrogens with one attached hydrogen (secondary N) is 1. The molecule has 1 atom stereocenters. The number of halogens is 1. The number of aliphatic hydroxyl groups is 1. The van der Waals surface area contributed by atoms with Gasteiger partial charge in [0.2, 0.25) is 0 Å². The van der Waals surface area contributed by atoms with E-state index in [1.807, 2.05) is 6.92 Å². The van der Waals surface area contributed by atoms with Gasteiger partial charge in [0.15, 0.2) is 0 Å². The molecule has 0 saturated heterocycles. The van der Waals surface area contributed by atoms with Gasteiger partial charge in [0, 0.05) is 11.6 Å². The summed E-state index contributed by atoms with van der Waals surface area (Å²) >= 11 is 0. The second-order valence-electron chi connectivity index (χ2n) is 5.66. The second kappa shape index (κ2) is 7.04. The molecule has 1 fully saturated rings. The molecule has 1 saturated carbocycles. The Morgan fingerprint density at radius 3 is 2.70 bits per heavy atom. The van der Waals surface area contributed by atoms with Gasteiger partial charge < -0.3 is 15.2 Å². The third-order valence-electron chi connectivity index (χ3n) is 4.19. The fourth-order valence-electron chi connectivity index (χ4n) is 2.91. The van der Waals surface area contributed by atoms with E-state index in [4.69, 9.17) is 4.74 Å². The van der Waals surface area contributed by atoms with Crippen LogP contribution in [0.4, 0.5) is 4.39 Å². The monoisotopic (exact) mass is 281 g/mol. The van der Waals surface area contributed by atoms with Crippen LogP contribution in [-0.2, 0) is 0 Å². The van der Waals surface area contributed by atoms with Crippen molar-refractivity contribution < 1.29 is 14.2 Å². The minimum absolute atomic E-state index is 0.0852. The van der Waals surface area contributed by atoms with Gasteiger partial charge in [-0.1, -0.05) is 6.07 Å². The molecule has 0 bridgehead atoms. The lowest BCUT2D eigenvalue weighted by molar-refractivity contribution is 0.107. The van der Waals surface area contributed by atoms with E-state index >= 15 is 0 Å². The Morgan fingerprint density at radius 1 is 1.35 bits per heavy atom. The van der Waals surface area contributed by atoms with Crippen LogP contribution in [0.25, 0.3) is 0 Å². The van der Waals surface area contributed by atoms with Gasteiger partial charge in [0.05, 0.1) is 13.2 Å². The maximum Gasteiger partial charge on any atom is 0.131 e. The minimum Gasteiger partial charge on any atom is -0.496 e. The second-order valence-corrected chi connectivity index (χ2v) is 5.66. The molecule has 1 aliphatic carbocycles. The standard InChI is InChI=1S/C16H24FNO2/c1-11(16-14(17)4-3-5-15(16)20-2)18-10-12-6-8-13(19)9-7-12/h3-5,11-13,18-19H,6-10H2,1-2H3. The molecule has 1 unspecified atom stereocenters. The van der Waals surface area contributed by atoms with Crippen molar-refractivity contribution in [3.05, 3.63) is 29.6 Å². The lowest BCUT2D eigenvalue weighted by Gasteiger charge is -2.27. The van der Waals surface area contributed by atoms with E-state index < -0.39 is 0 Å². The minimum atomic E-state index is -0.233. The molecule has 4 heteroatoms. The molecule has 0 aliphatic heterocycles. The Labute approximate surface area is 120 Å². The van der Waals surface area contributed by atoms with E-state index in [1.165, 1.54) is 6.07 Å². The van der Waals surface area contributed by atoms with E-state index in [0.717, 1.165) is 32.2 Å². The van der Waals surface area contributed by atoms with Gasteiger partial charge in [0.1, 0.15) is 11.6 Å². The van der Waals surface area contributed by atoms with Crippen LogP contribution in [0.15, 0.2) is 18.2 Å². The summed E-state index contributed by atoms with van der Waals surface area (Å²) < 4.78 is 19.2. The highest BCUT2D eigenvalue weighted by Gasteiger charge is 2.21. The van der Waals surface area contributed by atoms with Crippen LogP contribution < -0.4 is 10.1 Å². The van der Waals surface area contributed by atoms with Crippen molar-refractivity contribution in [3.8, 4) is 5.75 Å². The first kappa shape index (κ1) is 15.3. The van der Waals surface area contributed by atoms with E-state index in [1.54, 1.807) is 19.2 Å². The number of rotatable bonds is 5. The van der Waals surface area contributed by atoms with E-state index in [0.29, 0.717) is 17.2 Å². The molecule has 1 aromatic carbocycles. The molecule has 20 heavy (non-hydrogen) atoms. The molecule has 2 N–H and O–H groups in total. The molecular formula is C16H24FNO2. The maximum absolute atomic E-state index is 14.0. The van der Waals surface area contributed by atoms with Crippen LogP contribution in [0.2, 0.25) is 0 Å². The molecule has 0 heterocycles. The highest BCUT2D eigenvalue weighted by Crippen LogP contribution is 2.29. The normalized spacial score (nSPS) is 24.4. The molecule has 3 nitrogen and oxygen atoms in total. The predicted molar refractivity (Wildman–Crippen MR) is 77.3 cm³/mol. The molecule has 2 rings (SSSR count). The van der Waals surface area contributed by atoms with Crippen molar-refractivity contribution in [2.24, 2.45) is 5.92 Å². The summed E-state index contributed by atoms with van der Waals surface area (Å²) in [7, 11) is 1.56. The number of hydrogen-bond donors (Lipinski definition) is 2. The number of aliphatic hydroxyl groups excluding tert-OH is 1. The first-order valence-electron chi connectivity index (χ1n) is 7.35. The molecule has 0 spiro atoms. The summed E-state index contributed by atoms with van der Waals surface area (Å²) in [5.41, 5.74) is 0.589. The SMILES string of the molecule is COc1cccc(F)c1C(C)NCC1CCC(O)CC1. The summed E-state index contributed by atoms with van der Waals surface area (Å²) in [6, 6.07) is 4.83. The van der Waals surface area contributed by atoms with E-state index in [2.05, 4.69) is 5.32 Å². The van der Waals surface area contributed by atoms with Crippen LogP contribution in [0.1, 0.15) is 44.2 Å². The van der Waals surface area contributed by atoms with Crippen molar-refractivity contribution in [1.29, 1.82) is 0 Å². The van der Waals surface area contributed by atoms with Crippen molar-refractivity contribution in [1.82, 2.24) is 5.32 Å². The Bertz CT molecular complexity index is 430. The average Bonchev–Trinajstić information content (AvgIpc) is 2.46. The zero-order valence-electron chi connectivity index (χ0n) is 12.2. The molecule has 112 valence electrons. The zero-order chi connectivity index (χ0) is 14.5. The topological polar surface area (TPSA) is 41.5 Å². The number of ether oxygens (including phenoxy) is 1. The fourth-order valence-corrected chi connectivity index (χ4v) is 2.91. The molecule has 0 aromatic heterocycles. The van der Waals surface area contributed by atoms with Gasteiger partial charge in [0.25, 0.3) is 0 Å². The number of methoxy groups -OCH3 is 1. The summed E-state index contributed by atoms with van der Waals surface area (Å²) in [6.07, 6.45) is 3.70. The Morgan fingerprint density at radius 2 is 2.05 bits per heavy atom. The van der Waals surface area contributed by atoms with Gasteiger partial charge in [-0.15, -0.1) is 0 Å². The average molecular weight is 281 g/mol. The van der Waals surface area contributed by atoms with Crippen molar-refractivity contribution in [2.75, 3.05) is 13.7 Å². The van der Waals surface area contributed by atoms with Gasteiger partial charge in [-0.3, -0.25) is 0 Å². The summed E-state index contributed by atoms with van der Waals surface area (Å²) in [4.78, 5) is 0. The smallest absolute Gasteiger partial charge is 0.131 e. The van der Waals surface area contributed by atoms with Gasteiger partial charge >= 0.3 is 0 Å². The van der Waals surface area contributed by atoms with Crippen LogP contribution in [0, 0.1) is 11.7 Å². The van der Waals surface area contributed by atoms with Crippen LogP contribution in [0.3, 0.4) is 0 Å². The Hall–Kier alpha value is -1.13. The quantitative estimate of drug-likeness (QED) is 0.871. The molecule has 0 radical (unpaired) electrons. The molecule has 1 aromatic rings. The molecule has 1 aliphatic rings. The Balaban J connectivity index is 1.93. The highest BCUT2D eigenvalue weighted by molar-refractivity contribution is 5.36.